The van der Waals surface area contributed by atoms with E-state index in [2.05, 4.69) is 29.1 Å². The third kappa shape index (κ3) is 3.92. The van der Waals surface area contributed by atoms with Gasteiger partial charge in [-0.05, 0) is 30.5 Å². The average molecular weight is 341 g/mol. The SMILES string of the molecule is CC(C)CC(c1nc2ccccc2o1)n1cc(C=CC(=O)NO)nn1. The van der Waals surface area contributed by atoms with Crippen molar-refractivity contribution >= 4 is 23.1 Å². The first kappa shape index (κ1) is 16.8. The first-order chi connectivity index (χ1) is 12.1. The maximum atomic E-state index is 11.1. The fourth-order valence-corrected chi connectivity index (χ4v) is 2.52. The molecule has 1 aromatic carbocycles. The van der Waals surface area contributed by atoms with E-state index < -0.39 is 5.91 Å². The second kappa shape index (κ2) is 7.27. The number of carbonyl (C=O) groups excluding carboxylic acids is 1. The number of para-hydroxylation sites is 2. The highest BCUT2D eigenvalue weighted by Crippen LogP contribution is 2.27. The van der Waals surface area contributed by atoms with Crippen LogP contribution in [0.25, 0.3) is 17.2 Å². The Morgan fingerprint density at radius 1 is 1.40 bits per heavy atom. The Morgan fingerprint density at radius 2 is 2.20 bits per heavy atom. The summed E-state index contributed by atoms with van der Waals surface area (Å²) < 4.78 is 7.58. The van der Waals surface area contributed by atoms with E-state index >= 15 is 0 Å². The Morgan fingerprint density at radius 3 is 2.92 bits per heavy atom. The summed E-state index contributed by atoms with van der Waals surface area (Å²) >= 11 is 0. The minimum Gasteiger partial charge on any atom is -0.438 e. The lowest BCUT2D eigenvalue weighted by Gasteiger charge is -2.15. The minimum absolute atomic E-state index is 0.200. The van der Waals surface area contributed by atoms with Gasteiger partial charge in [-0.2, -0.15) is 0 Å². The standard InChI is InChI=1S/C17H19N5O3/c1-11(2)9-14(17-18-13-5-3-4-6-15(13)25-17)22-10-12(19-21-22)7-8-16(23)20-24/h3-8,10-11,14,24H,9H2,1-2H3,(H,20,23). The van der Waals surface area contributed by atoms with Gasteiger partial charge < -0.3 is 4.42 Å². The number of carbonyl (C=O) groups is 1. The van der Waals surface area contributed by atoms with E-state index in [0.29, 0.717) is 17.5 Å². The van der Waals surface area contributed by atoms with E-state index in [0.717, 1.165) is 17.5 Å². The molecule has 0 radical (unpaired) electrons. The number of oxazole rings is 1. The van der Waals surface area contributed by atoms with E-state index in [-0.39, 0.29) is 6.04 Å². The summed E-state index contributed by atoms with van der Waals surface area (Å²) in [6, 6.07) is 7.39. The third-order valence-electron chi connectivity index (χ3n) is 3.65. The van der Waals surface area contributed by atoms with Gasteiger partial charge in [-0.15, -0.1) is 5.10 Å². The number of benzene rings is 1. The lowest BCUT2D eigenvalue weighted by molar-refractivity contribution is -0.124. The summed E-state index contributed by atoms with van der Waals surface area (Å²) in [6.45, 7) is 4.22. The maximum absolute atomic E-state index is 11.1. The van der Waals surface area contributed by atoms with Gasteiger partial charge in [-0.25, -0.2) is 15.1 Å². The normalized spacial score (nSPS) is 13.0. The van der Waals surface area contributed by atoms with Crippen molar-refractivity contribution in [1.82, 2.24) is 25.5 Å². The van der Waals surface area contributed by atoms with Crippen LogP contribution in [-0.2, 0) is 4.79 Å². The molecule has 1 amide bonds. The van der Waals surface area contributed by atoms with Gasteiger partial charge in [0.15, 0.2) is 5.58 Å². The van der Waals surface area contributed by atoms with Crippen LogP contribution in [0, 0.1) is 5.92 Å². The Kier molecular flexibility index (Phi) is 4.90. The van der Waals surface area contributed by atoms with Crippen molar-refractivity contribution in [2.75, 3.05) is 0 Å². The summed E-state index contributed by atoms with van der Waals surface area (Å²) in [7, 11) is 0. The molecule has 2 aromatic heterocycles. The minimum atomic E-state index is -0.632. The fourth-order valence-electron chi connectivity index (χ4n) is 2.52. The molecule has 2 heterocycles. The highest BCUT2D eigenvalue weighted by atomic mass is 16.5. The van der Waals surface area contributed by atoms with Crippen molar-refractivity contribution in [1.29, 1.82) is 0 Å². The summed E-state index contributed by atoms with van der Waals surface area (Å²) in [5.74, 6) is 0.332. The first-order valence-corrected chi connectivity index (χ1v) is 7.96. The van der Waals surface area contributed by atoms with Gasteiger partial charge in [0.2, 0.25) is 5.89 Å². The lowest BCUT2D eigenvalue weighted by atomic mass is 10.0. The number of nitrogens with one attached hydrogen (secondary N) is 1. The molecule has 2 N–H and O–H groups in total. The van der Waals surface area contributed by atoms with E-state index in [1.807, 2.05) is 24.3 Å². The topological polar surface area (TPSA) is 106 Å². The van der Waals surface area contributed by atoms with E-state index in [1.54, 1.807) is 10.9 Å². The van der Waals surface area contributed by atoms with Crippen molar-refractivity contribution in [2.45, 2.75) is 26.3 Å². The molecule has 0 saturated carbocycles. The molecule has 130 valence electrons. The molecule has 1 atom stereocenters. The molecule has 8 nitrogen and oxygen atoms in total. The maximum Gasteiger partial charge on any atom is 0.267 e. The number of hydrogen-bond acceptors (Lipinski definition) is 6. The molecule has 8 heteroatoms. The molecule has 0 spiro atoms. The van der Waals surface area contributed by atoms with Gasteiger partial charge in [0.25, 0.3) is 5.91 Å². The number of aromatic nitrogens is 4. The number of nitrogens with zero attached hydrogens (tertiary/aromatic N) is 4. The zero-order chi connectivity index (χ0) is 17.8. The van der Waals surface area contributed by atoms with Crippen molar-refractivity contribution in [2.24, 2.45) is 5.92 Å². The number of fused-ring (bicyclic) bond motifs is 1. The van der Waals surface area contributed by atoms with E-state index in [4.69, 9.17) is 9.62 Å². The predicted molar refractivity (Wildman–Crippen MR) is 90.6 cm³/mol. The number of hydroxylamine groups is 1. The van der Waals surface area contributed by atoms with Crippen LogP contribution in [0.1, 0.15) is 37.9 Å². The summed E-state index contributed by atoms with van der Waals surface area (Å²) in [4.78, 5) is 15.6. The average Bonchev–Trinajstić information content (AvgIpc) is 3.23. The smallest absolute Gasteiger partial charge is 0.267 e. The van der Waals surface area contributed by atoms with Crippen LogP contribution in [0.4, 0.5) is 0 Å². The summed E-state index contributed by atoms with van der Waals surface area (Å²) in [6.07, 6.45) is 5.12. The highest BCUT2D eigenvalue weighted by Gasteiger charge is 2.22. The van der Waals surface area contributed by atoms with Crippen LogP contribution in [-0.4, -0.2) is 31.1 Å². The van der Waals surface area contributed by atoms with Crippen LogP contribution >= 0.6 is 0 Å². The van der Waals surface area contributed by atoms with Gasteiger partial charge in [0.1, 0.15) is 17.3 Å². The van der Waals surface area contributed by atoms with Crippen molar-refractivity contribution in [3.63, 3.8) is 0 Å². The second-order valence-corrected chi connectivity index (χ2v) is 6.10. The van der Waals surface area contributed by atoms with Crippen LogP contribution in [0.5, 0.6) is 0 Å². The molecule has 0 saturated heterocycles. The van der Waals surface area contributed by atoms with Crippen molar-refractivity contribution in [3.8, 4) is 0 Å². The molecule has 1 unspecified atom stereocenters. The van der Waals surface area contributed by atoms with Crippen LogP contribution in [0.15, 0.2) is 41.0 Å². The lowest BCUT2D eigenvalue weighted by Crippen LogP contribution is -2.14. The van der Waals surface area contributed by atoms with E-state index in [9.17, 15) is 4.79 Å². The molecule has 0 aliphatic rings. The van der Waals surface area contributed by atoms with Crippen LogP contribution in [0.3, 0.4) is 0 Å². The fraction of sp³-hybridized carbons (Fsp3) is 0.294. The summed E-state index contributed by atoms with van der Waals surface area (Å²) in [5.41, 5.74) is 3.55. The summed E-state index contributed by atoms with van der Waals surface area (Å²) in [5, 5.41) is 16.7. The molecule has 3 aromatic rings. The Hall–Kier alpha value is -3.00. The zero-order valence-corrected chi connectivity index (χ0v) is 14.0. The Balaban J connectivity index is 1.92. The van der Waals surface area contributed by atoms with Crippen molar-refractivity contribution < 1.29 is 14.4 Å². The highest BCUT2D eigenvalue weighted by molar-refractivity contribution is 5.90. The van der Waals surface area contributed by atoms with E-state index in [1.165, 1.54) is 17.6 Å². The molecule has 0 fully saturated rings. The first-order valence-electron chi connectivity index (χ1n) is 7.96. The molecular formula is C17H19N5O3. The number of amides is 1. The predicted octanol–water partition coefficient (Wildman–Crippen LogP) is 2.57. The molecule has 0 aliphatic heterocycles. The number of hydrogen-bond donors (Lipinski definition) is 2. The van der Waals surface area contributed by atoms with Gasteiger partial charge >= 0.3 is 0 Å². The largest absolute Gasteiger partial charge is 0.438 e. The van der Waals surface area contributed by atoms with Crippen molar-refractivity contribution in [3.05, 3.63) is 48.1 Å². The molecule has 25 heavy (non-hydrogen) atoms. The molecular weight excluding hydrogens is 322 g/mol. The molecule has 3 rings (SSSR count). The Labute approximate surface area is 144 Å². The Bertz CT molecular complexity index is 863. The molecule has 0 bridgehead atoms. The number of rotatable bonds is 6. The van der Waals surface area contributed by atoms with Gasteiger partial charge in [-0.3, -0.25) is 10.0 Å². The monoisotopic (exact) mass is 341 g/mol. The zero-order valence-electron chi connectivity index (χ0n) is 14.0. The third-order valence-corrected chi connectivity index (χ3v) is 3.65. The van der Waals surface area contributed by atoms with Gasteiger partial charge in [-0.1, -0.05) is 31.2 Å². The van der Waals surface area contributed by atoms with Crippen LogP contribution < -0.4 is 5.48 Å². The second-order valence-electron chi connectivity index (χ2n) is 6.10. The van der Waals surface area contributed by atoms with Gasteiger partial charge in [0.05, 0.1) is 6.20 Å². The van der Waals surface area contributed by atoms with Crippen LogP contribution in [0.2, 0.25) is 0 Å². The quantitative estimate of drug-likeness (QED) is 0.405. The van der Waals surface area contributed by atoms with Gasteiger partial charge in [0, 0.05) is 6.08 Å². The molecule has 0 aliphatic carbocycles.